The van der Waals surface area contributed by atoms with Crippen LogP contribution in [0.3, 0.4) is 0 Å². The van der Waals surface area contributed by atoms with E-state index >= 15 is 0 Å². The van der Waals surface area contributed by atoms with E-state index in [1.54, 1.807) is 7.05 Å². The Morgan fingerprint density at radius 1 is 0.895 bits per heavy atom. The minimum Gasteiger partial charge on any atom is -0.504 e. The number of ether oxygens (including phenoxy) is 2. The zero-order valence-electron chi connectivity index (χ0n) is 20.6. The molecule has 38 heavy (non-hydrogen) atoms. The van der Waals surface area contributed by atoms with Gasteiger partial charge in [0.25, 0.3) is 11.8 Å². The Labute approximate surface area is 216 Å². The molecule has 0 atom stereocenters. The van der Waals surface area contributed by atoms with Crippen LogP contribution in [0.2, 0.25) is 0 Å². The van der Waals surface area contributed by atoms with Crippen molar-refractivity contribution in [3.8, 4) is 17.2 Å². The fourth-order valence-corrected chi connectivity index (χ4v) is 3.33. The highest BCUT2D eigenvalue weighted by molar-refractivity contribution is 6.08. The van der Waals surface area contributed by atoms with Crippen molar-refractivity contribution in [3.05, 3.63) is 65.5 Å². The van der Waals surface area contributed by atoms with E-state index in [-0.39, 0.29) is 52.1 Å². The van der Waals surface area contributed by atoms with Crippen LogP contribution in [0.5, 0.6) is 17.2 Å². The molecule has 0 saturated heterocycles. The summed E-state index contributed by atoms with van der Waals surface area (Å²) in [6, 6.07) is 9.67. The molecule has 6 N–H and O–H groups in total. The summed E-state index contributed by atoms with van der Waals surface area (Å²) in [5.74, 6) is -3.44. The summed E-state index contributed by atoms with van der Waals surface area (Å²) >= 11 is 0. The van der Waals surface area contributed by atoms with Crippen LogP contribution in [0.15, 0.2) is 48.7 Å². The minimum atomic E-state index is -1.36. The Morgan fingerprint density at radius 2 is 1.61 bits per heavy atom. The number of likely N-dealkylation sites (N-methyl/N-ethyl adjacent to an activating group) is 1. The number of carboxylic acids is 1. The maximum atomic E-state index is 12.8. The molecule has 13 heteroatoms. The normalized spacial score (nSPS) is 10.3. The molecule has 0 radical (unpaired) electrons. The predicted molar refractivity (Wildman–Crippen MR) is 137 cm³/mol. The Balaban J connectivity index is 1.74. The summed E-state index contributed by atoms with van der Waals surface area (Å²) in [6.07, 6.45) is 1.35. The molecule has 3 rings (SSSR count). The molecule has 0 saturated carbocycles. The van der Waals surface area contributed by atoms with Gasteiger partial charge in [0.15, 0.2) is 11.5 Å². The topological polar surface area (TPSA) is 188 Å². The molecule has 3 amide bonds. The van der Waals surface area contributed by atoms with Gasteiger partial charge in [-0.05, 0) is 49.5 Å². The number of nitrogens with one attached hydrogen (secondary N) is 4. The number of carboxylic acid groups (broad SMARTS) is 1. The Morgan fingerprint density at radius 3 is 2.21 bits per heavy atom. The van der Waals surface area contributed by atoms with Crippen molar-refractivity contribution in [1.29, 1.82) is 0 Å². The van der Waals surface area contributed by atoms with Gasteiger partial charge in [0, 0.05) is 5.56 Å². The standard InChI is InChI=1S/C25H25N5O8/c1-26-12-20(31)28-14-5-8-18(27-11-14)24(34)29-16-7-4-13(10-19(16)37-2)23(33)30-17-9-6-15(25(35)36)21(32)22(17)38-3/h4-11,26,32H,12H2,1-3H3,(H,28,31)(H,29,34)(H,30,33)(H,35,36). The molecule has 0 spiro atoms. The van der Waals surface area contributed by atoms with Gasteiger partial charge in [0.1, 0.15) is 17.0 Å². The molecule has 0 fully saturated rings. The maximum Gasteiger partial charge on any atom is 0.339 e. The van der Waals surface area contributed by atoms with Crippen molar-refractivity contribution >= 4 is 40.8 Å². The molecular formula is C25H25N5O8. The molecule has 1 aromatic heterocycles. The molecule has 3 aromatic rings. The van der Waals surface area contributed by atoms with E-state index in [0.717, 1.165) is 6.07 Å². The number of methoxy groups -OCH3 is 2. The van der Waals surface area contributed by atoms with E-state index in [1.807, 2.05) is 0 Å². The molecule has 13 nitrogen and oxygen atoms in total. The number of carbonyl (C=O) groups excluding carboxylic acids is 3. The van der Waals surface area contributed by atoms with E-state index in [0.29, 0.717) is 5.69 Å². The molecule has 0 bridgehead atoms. The third kappa shape index (κ3) is 6.33. The van der Waals surface area contributed by atoms with E-state index < -0.39 is 23.5 Å². The highest BCUT2D eigenvalue weighted by Gasteiger charge is 2.20. The SMILES string of the molecule is CNCC(=O)Nc1ccc(C(=O)Nc2ccc(C(=O)Nc3ccc(C(=O)O)c(O)c3OC)cc2OC)nc1. The van der Waals surface area contributed by atoms with Gasteiger partial charge in [-0.15, -0.1) is 0 Å². The number of benzene rings is 2. The molecule has 198 valence electrons. The second-order valence-corrected chi connectivity index (χ2v) is 7.68. The molecule has 0 aliphatic heterocycles. The third-order valence-corrected chi connectivity index (χ3v) is 5.14. The van der Waals surface area contributed by atoms with Crippen LogP contribution in [-0.4, -0.2) is 66.7 Å². The number of aromatic carboxylic acids is 1. The van der Waals surface area contributed by atoms with Gasteiger partial charge in [0.05, 0.1) is 44.0 Å². The van der Waals surface area contributed by atoms with Crippen molar-refractivity contribution in [2.45, 2.75) is 0 Å². The fourth-order valence-electron chi connectivity index (χ4n) is 3.33. The van der Waals surface area contributed by atoms with E-state index in [4.69, 9.17) is 14.6 Å². The lowest BCUT2D eigenvalue weighted by atomic mass is 10.1. The van der Waals surface area contributed by atoms with Gasteiger partial charge >= 0.3 is 5.97 Å². The van der Waals surface area contributed by atoms with Gasteiger partial charge < -0.3 is 41.0 Å². The number of rotatable bonds is 10. The van der Waals surface area contributed by atoms with Crippen LogP contribution in [0.1, 0.15) is 31.2 Å². The number of amides is 3. The second-order valence-electron chi connectivity index (χ2n) is 7.68. The predicted octanol–water partition coefficient (Wildman–Crippen LogP) is 2.17. The monoisotopic (exact) mass is 523 g/mol. The van der Waals surface area contributed by atoms with Crippen LogP contribution in [0.4, 0.5) is 17.1 Å². The van der Waals surface area contributed by atoms with Crippen LogP contribution < -0.4 is 30.7 Å². The lowest BCUT2D eigenvalue weighted by Crippen LogP contribution is -2.25. The number of carbonyl (C=O) groups is 4. The number of phenols is 1. The summed E-state index contributed by atoms with van der Waals surface area (Å²) in [5.41, 5.74) is 0.582. The molecule has 1 heterocycles. The number of pyridine rings is 1. The smallest absolute Gasteiger partial charge is 0.339 e. The quantitative estimate of drug-likeness (QED) is 0.230. The number of hydrogen-bond acceptors (Lipinski definition) is 9. The van der Waals surface area contributed by atoms with Crippen LogP contribution in [0.25, 0.3) is 0 Å². The summed E-state index contributed by atoms with van der Waals surface area (Å²) < 4.78 is 10.4. The molecular weight excluding hydrogens is 498 g/mol. The number of aromatic nitrogens is 1. The van der Waals surface area contributed by atoms with Gasteiger partial charge in [-0.2, -0.15) is 0 Å². The van der Waals surface area contributed by atoms with Gasteiger partial charge in [-0.3, -0.25) is 14.4 Å². The Kier molecular flexibility index (Phi) is 8.79. The minimum absolute atomic E-state index is 0.0491. The van der Waals surface area contributed by atoms with E-state index in [2.05, 4.69) is 26.3 Å². The summed E-state index contributed by atoms with van der Waals surface area (Å²) in [4.78, 5) is 52.4. The largest absolute Gasteiger partial charge is 0.504 e. The summed E-state index contributed by atoms with van der Waals surface area (Å²) in [5, 5.41) is 29.8. The summed E-state index contributed by atoms with van der Waals surface area (Å²) in [6.45, 7) is 0.128. The van der Waals surface area contributed by atoms with Crippen molar-refractivity contribution in [2.24, 2.45) is 0 Å². The number of aromatic hydroxyl groups is 1. The Hall–Kier alpha value is -5.17. The fraction of sp³-hybridized carbons (Fsp3) is 0.160. The highest BCUT2D eigenvalue weighted by atomic mass is 16.5. The lowest BCUT2D eigenvalue weighted by Gasteiger charge is -2.14. The first-order valence-corrected chi connectivity index (χ1v) is 11.0. The number of anilines is 3. The van der Waals surface area contributed by atoms with Gasteiger partial charge in [-0.1, -0.05) is 0 Å². The second kappa shape index (κ2) is 12.2. The van der Waals surface area contributed by atoms with Crippen molar-refractivity contribution in [2.75, 3.05) is 43.8 Å². The first kappa shape index (κ1) is 27.4. The van der Waals surface area contributed by atoms with Crippen molar-refractivity contribution < 1.29 is 38.9 Å². The zero-order valence-corrected chi connectivity index (χ0v) is 20.6. The first-order chi connectivity index (χ1) is 18.2. The highest BCUT2D eigenvalue weighted by Crippen LogP contribution is 2.38. The van der Waals surface area contributed by atoms with Crippen molar-refractivity contribution in [1.82, 2.24) is 10.3 Å². The van der Waals surface area contributed by atoms with Crippen LogP contribution >= 0.6 is 0 Å². The van der Waals surface area contributed by atoms with Gasteiger partial charge in [-0.25, -0.2) is 9.78 Å². The molecule has 0 unspecified atom stereocenters. The number of nitrogens with zero attached hydrogens (tertiary/aromatic N) is 1. The molecule has 0 aliphatic carbocycles. The number of hydrogen-bond donors (Lipinski definition) is 6. The maximum absolute atomic E-state index is 12.8. The van der Waals surface area contributed by atoms with E-state index in [9.17, 15) is 24.3 Å². The average Bonchev–Trinajstić information content (AvgIpc) is 2.89. The Bertz CT molecular complexity index is 1370. The van der Waals surface area contributed by atoms with Gasteiger partial charge in [0.2, 0.25) is 5.91 Å². The summed E-state index contributed by atoms with van der Waals surface area (Å²) in [7, 11) is 4.22. The third-order valence-electron chi connectivity index (χ3n) is 5.14. The average molecular weight is 524 g/mol. The van der Waals surface area contributed by atoms with E-state index in [1.165, 1.54) is 56.8 Å². The van der Waals surface area contributed by atoms with Crippen LogP contribution in [0, 0.1) is 0 Å². The van der Waals surface area contributed by atoms with Crippen molar-refractivity contribution in [3.63, 3.8) is 0 Å². The van der Waals surface area contributed by atoms with Crippen LogP contribution in [-0.2, 0) is 4.79 Å². The molecule has 0 aliphatic rings. The zero-order chi connectivity index (χ0) is 27.8. The first-order valence-electron chi connectivity index (χ1n) is 11.0. The lowest BCUT2D eigenvalue weighted by molar-refractivity contribution is -0.115. The molecule has 2 aromatic carbocycles.